The van der Waals surface area contributed by atoms with Crippen molar-refractivity contribution in [2.75, 3.05) is 6.54 Å². The summed E-state index contributed by atoms with van der Waals surface area (Å²) in [5.41, 5.74) is -0.703. The Bertz CT molecular complexity index is 469. The predicted octanol–water partition coefficient (Wildman–Crippen LogP) is -0.0677. The van der Waals surface area contributed by atoms with Crippen molar-refractivity contribution in [2.45, 2.75) is 46.2 Å². The van der Waals surface area contributed by atoms with Crippen LogP contribution in [0.4, 0.5) is 4.79 Å². The molecule has 3 N–H and O–H groups in total. The van der Waals surface area contributed by atoms with Gasteiger partial charge in [0.15, 0.2) is 0 Å². The summed E-state index contributed by atoms with van der Waals surface area (Å²) in [7, 11) is 0. The maximum absolute atomic E-state index is 12.2. The van der Waals surface area contributed by atoms with Gasteiger partial charge < -0.3 is 15.3 Å². The average molecular weight is 299 g/mol. The molecule has 0 aromatic rings. The van der Waals surface area contributed by atoms with Crippen LogP contribution in [0.3, 0.4) is 0 Å². The van der Waals surface area contributed by atoms with Crippen molar-refractivity contribution >= 4 is 23.8 Å². The van der Waals surface area contributed by atoms with Crippen molar-refractivity contribution in [2.24, 2.45) is 5.41 Å². The number of carbonyl (C=O) groups excluding carboxylic acids is 3. The molecule has 118 valence electrons. The van der Waals surface area contributed by atoms with E-state index >= 15 is 0 Å². The first-order valence-corrected chi connectivity index (χ1v) is 6.71. The number of rotatable bonds is 3. The molecule has 8 nitrogen and oxygen atoms in total. The third-order valence-corrected chi connectivity index (χ3v) is 3.28. The SMILES string of the molecule is CCC1C(=O)NC(=O)CN1C(=O)N[C@@H](C(=O)O)C(C)(C)C. The van der Waals surface area contributed by atoms with Crippen molar-refractivity contribution in [3.63, 3.8) is 0 Å². The lowest BCUT2D eigenvalue weighted by Gasteiger charge is -2.36. The molecular weight excluding hydrogens is 278 g/mol. The van der Waals surface area contributed by atoms with Gasteiger partial charge in [0.1, 0.15) is 18.6 Å². The largest absolute Gasteiger partial charge is 0.480 e. The molecule has 21 heavy (non-hydrogen) atoms. The van der Waals surface area contributed by atoms with Crippen LogP contribution >= 0.6 is 0 Å². The molecule has 0 saturated carbocycles. The lowest BCUT2D eigenvalue weighted by atomic mass is 9.87. The van der Waals surface area contributed by atoms with Crippen molar-refractivity contribution in [1.82, 2.24) is 15.5 Å². The molecule has 4 amide bonds. The lowest BCUT2D eigenvalue weighted by molar-refractivity contribution is -0.142. The van der Waals surface area contributed by atoms with Crippen LogP contribution < -0.4 is 10.6 Å². The van der Waals surface area contributed by atoms with Crippen molar-refractivity contribution < 1.29 is 24.3 Å². The molecule has 1 unspecified atom stereocenters. The van der Waals surface area contributed by atoms with Crippen LogP contribution in [-0.2, 0) is 14.4 Å². The van der Waals surface area contributed by atoms with Gasteiger partial charge in [-0.15, -0.1) is 0 Å². The number of aliphatic carboxylic acids is 1. The third kappa shape index (κ3) is 3.93. The number of carboxylic acid groups (broad SMARTS) is 1. The second kappa shape index (κ2) is 6.11. The summed E-state index contributed by atoms with van der Waals surface area (Å²) in [4.78, 5) is 47.7. The highest BCUT2D eigenvalue weighted by atomic mass is 16.4. The Hall–Kier alpha value is -2.12. The van der Waals surface area contributed by atoms with Gasteiger partial charge in [0.25, 0.3) is 0 Å². The Kier molecular flexibility index (Phi) is 4.93. The predicted molar refractivity (Wildman–Crippen MR) is 73.3 cm³/mol. The molecule has 0 radical (unpaired) electrons. The van der Waals surface area contributed by atoms with Gasteiger partial charge in [-0.05, 0) is 11.8 Å². The number of piperazine rings is 1. The van der Waals surface area contributed by atoms with Crippen LogP contribution in [0.25, 0.3) is 0 Å². The molecule has 1 aliphatic heterocycles. The fourth-order valence-electron chi connectivity index (χ4n) is 2.14. The van der Waals surface area contributed by atoms with Crippen LogP contribution in [-0.4, -0.2) is 52.4 Å². The van der Waals surface area contributed by atoms with E-state index in [4.69, 9.17) is 0 Å². The fraction of sp³-hybridized carbons (Fsp3) is 0.692. The number of amides is 4. The minimum absolute atomic E-state index is 0.271. The summed E-state index contributed by atoms with van der Waals surface area (Å²) in [5.74, 6) is -2.30. The number of hydrogen-bond acceptors (Lipinski definition) is 4. The maximum Gasteiger partial charge on any atom is 0.326 e. The Morgan fingerprint density at radius 2 is 2.00 bits per heavy atom. The third-order valence-electron chi connectivity index (χ3n) is 3.28. The van der Waals surface area contributed by atoms with E-state index in [1.165, 1.54) is 0 Å². The number of nitrogens with zero attached hydrogens (tertiary/aromatic N) is 1. The number of hydrogen-bond donors (Lipinski definition) is 3. The summed E-state index contributed by atoms with van der Waals surface area (Å²) < 4.78 is 0. The summed E-state index contributed by atoms with van der Waals surface area (Å²) >= 11 is 0. The number of carboxylic acids is 1. The highest BCUT2D eigenvalue weighted by Gasteiger charge is 2.39. The molecule has 0 aromatic heterocycles. The molecule has 0 aliphatic carbocycles. The van der Waals surface area contributed by atoms with E-state index in [-0.39, 0.29) is 6.54 Å². The molecule has 0 aromatic carbocycles. The number of carbonyl (C=O) groups is 4. The zero-order valence-electron chi connectivity index (χ0n) is 12.6. The minimum atomic E-state index is -1.17. The Labute approximate surface area is 122 Å². The van der Waals surface area contributed by atoms with Crippen molar-refractivity contribution in [3.8, 4) is 0 Å². The van der Waals surface area contributed by atoms with E-state index < -0.39 is 41.3 Å². The Morgan fingerprint density at radius 1 is 1.43 bits per heavy atom. The first-order chi connectivity index (χ1) is 9.57. The molecule has 2 atom stereocenters. The summed E-state index contributed by atoms with van der Waals surface area (Å²) in [6, 6.07) is -2.63. The molecule has 0 spiro atoms. The molecule has 1 fully saturated rings. The van der Waals surface area contributed by atoms with E-state index in [1.54, 1.807) is 27.7 Å². The molecule has 8 heteroatoms. The molecular formula is C13H21N3O5. The smallest absolute Gasteiger partial charge is 0.326 e. The second-order valence-corrected chi connectivity index (χ2v) is 6.05. The van der Waals surface area contributed by atoms with Gasteiger partial charge in [-0.25, -0.2) is 9.59 Å². The van der Waals surface area contributed by atoms with Crippen LogP contribution in [0.15, 0.2) is 0 Å². The van der Waals surface area contributed by atoms with Gasteiger partial charge in [0, 0.05) is 0 Å². The fourth-order valence-corrected chi connectivity index (χ4v) is 2.14. The van der Waals surface area contributed by atoms with Crippen LogP contribution in [0.1, 0.15) is 34.1 Å². The van der Waals surface area contributed by atoms with Crippen LogP contribution in [0, 0.1) is 5.41 Å². The van der Waals surface area contributed by atoms with Gasteiger partial charge in [-0.1, -0.05) is 27.7 Å². The quantitative estimate of drug-likeness (QED) is 0.631. The monoisotopic (exact) mass is 299 g/mol. The molecule has 1 aliphatic rings. The van der Waals surface area contributed by atoms with Crippen LogP contribution in [0.2, 0.25) is 0 Å². The second-order valence-electron chi connectivity index (χ2n) is 6.05. The van der Waals surface area contributed by atoms with Gasteiger partial charge in [0.2, 0.25) is 11.8 Å². The highest BCUT2D eigenvalue weighted by molar-refractivity contribution is 6.04. The van der Waals surface area contributed by atoms with E-state index in [0.29, 0.717) is 6.42 Å². The molecule has 0 bridgehead atoms. The van der Waals surface area contributed by atoms with Gasteiger partial charge >= 0.3 is 12.0 Å². The molecule has 1 heterocycles. The number of imide groups is 1. The van der Waals surface area contributed by atoms with Crippen molar-refractivity contribution in [1.29, 1.82) is 0 Å². The van der Waals surface area contributed by atoms with E-state index in [2.05, 4.69) is 10.6 Å². The summed E-state index contributed by atoms with van der Waals surface area (Å²) in [5, 5.41) is 13.7. The first-order valence-electron chi connectivity index (χ1n) is 6.71. The number of urea groups is 1. The first kappa shape index (κ1) is 16.9. The number of nitrogens with one attached hydrogen (secondary N) is 2. The van der Waals surface area contributed by atoms with E-state index in [0.717, 1.165) is 4.90 Å². The Morgan fingerprint density at radius 3 is 2.43 bits per heavy atom. The average Bonchev–Trinajstić information content (AvgIpc) is 2.32. The molecule has 1 saturated heterocycles. The maximum atomic E-state index is 12.2. The van der Waals surface area contributed by atoms with Gasteiger partial charge in [-0.3, -0.25) is 14.9 Å². The standard InChI is InChI=1S/C13H21N3O5/c1-5-7-10(18)14-8(17)6-16(7)12(21)15-9(11(19)20)13(2,3)4/h7,9H,5-6H2,1-4H3,(H,15,21)(H,19,20)(H,14,17,18)/t7?,9-/m0/s1. The van der Waals surface area contributed by atoms with Gasteiger partial charge in [-0.2, -0.15) is 0 Å². The van der Waals surface area contributed by atoms with Crippen molar-refractivity contribution in [3.05, 3.63) is 0 Å². The van der Waals surface area contributed by atoms with Crippen LogP contribution in [0.5, 0.6) is 0 Å². The minimum Gasteiger partial charge on any atom is -0.480 e. The Balaban J connectivity index is 2.92. The summed E-state index contributed by atoms with van der Waals surface area (Å²) in [6.45, 7) is 6.47. The van der Waals surface area contributed by atoms with E-state index in [1.807, 2.05) is 0 Å². The highest BCUT2D eigenvalue weighted by Crippen LogP contribution is 2.20. The topological polar surface area (TPSA) is 116 Å². The summed E-state index contributed by atoms with van der Waals surface area (Å²) in [6.07, 6.45) is 0.333. The zero-order valence-corrected chi connectivity index (χ0v) is 12.6. The normalized spacial score (nSPS) is 20.8. The zero-order chi connectivity index (χ0) is 16.4. The van der Waals surface area contributed by atoms with Gasteiger partial charge in [0.05, 0.1) is 0 Å². The molecule has 1 rings (SSSR count). The lowest BCUT2D eigenvalue weighted by Crippen LogP contribution is -2.63. The van der Waals surface area contributed by atoms with E-state index in [9.17, 15) is 24.3 Å².